The number of pyridine rings is 1. The highest BCUT2D eigenvalue weighted by Crippen LogP contribution is 2.30. The summed E-state index contributed by atoms with van der Waals surface area (Å²) in [6, 6.07) is 11.9. The van der Waals surface area contributed by atoms with Crippen LogP contribution in [-0.2, 0) is 19.7 Å². The van der Waals surface area contributed by atoms with E-state index < -0.39 is 31.0 Å². The average molecular weight is 436 g/mol. The topological polar surface area (TPSA) is 87.6 Å². The van der Waals surface area contributed by atoms with Gasteiger partial charge >= 0.3 is 0 Å². The summed E-state index contributed by atoms with van der Waals surface area (Å²) < 4.78 is 51.3. The number of aromatic nitrogens is 1. The van der Waals surface area contributed by atoms with Crippen molar-refractivity contribution in [2.75, 3.05) is 42.6 Å². The third-order valence-electron chi connectivity index (χ3n) is 5.78. The van der Waals surface area contributed by atoms with E-state index in [0.29, 0.717) is 26.2 Å². The number of sulfone groups is 2. The summed E-state index contributed by atoms with van der Waals surface area (Å²) in [4.78, 5) is 8.73. The van der Waals surface area contributed by atoms with Crippen molar-refractivity contribution in [2.24, 2.45) is 0 Å². The third kappa shape index (κ3) is 4.17. The standard InChI is InChI=1S/C20H25N3O4S2/c1-16-5-7-17(8-6-16)29(26,27)19-15-28(24,25)14-18(19)22-10-12-23(13-11-22)20-4-2-3-9-21-20/h2-9,18-19H,10-15H2,1H3. The van der Waals surface area contributed by atoms with Gasteiger partial charge in [-0.25, -0.2) is 21.8 Å². The van der Waals surface area contributed by atoms with Gasteiger partial charge in [0.1, 0.15) is 5.82 Å². The van der Waals surface area contributed by atoms with Crippen LogP contribution in [0.3, 0.4) is 0 Å². The van der Waals surface area contributed by atoms with Gasteiger partial charge in [0.2, 0.25) is 0 Å². The van der Waals surface area contributed by atoms with Gasteiger partial charge in [-0.2, -0.15) is 0 Å². The van der Waals surface area contributed by atoms with Gasteiger partial charge in [-0.1, -0.05) is 23.8 Å². The van der Waals surface area contributed by atoms with Gasteiger partial charge in [0.05, 0.1) is 21.7 Å². The predicted octanol–water partition coefficient (Wildman–Crippen LogP) is 1.15. The fourth-order valence-electron chi connectivity index (χ4n) is 4.16. The molecule has 7 nitrogen and oxygen atoms in total. The Bertz CT molecular complexity index is 1060. The molecular weight excluding hydrogens is 410 g/mol. The Hall–Kier alpha value is -1.97. The Kier molecular flexibility index (Phi) is 5.39. The first-order chi connectivity index (χ1) is 13.8. The summed E-state index contributed by atoms with van der Waals surface area (Å²) in [6.45, 7) is 4.48. The molecule has 1 aromatic carbocycles. The number of piperazine rings is 1. The third-order valence-corrected chi connectivity index (χ3v) is 9.91. The molecule has 2 fully saturated rings. The molecule has 0 spiro atoms. The van der Waals surface area contributed by atoms with Crippen molar-refractivity contribution in [1.82, 2.24) is 9.88 Å². The molecule has 2 unspecified atom stereocenters. The van der Waals surface area contributed by atoms with E-state index in [1.807, 2.05) is 30.0 Å². The van der Waals surface area contributed by atoms with Crippen molar-refractivity contribution in [3.8, 4) is 0 Å². The summed E-state index contributed by atoms with van der Waals surface area (Å²) in [6.07, 6.45) is 1.75. The Morgan fingerprint density at radius 1 is 0.966 bits per heavy atom. The van der Waals surface area contributed by atoms with Gasteiger partial charge in [-0.15, -0.1) is 0 Å². The molecule has 0 N–H and O–H groups in total. The molecule has 3 heterocycles. The van der Waals surface area contributed by atoms with Gasteiger partial charge in [-0.05, 0) is 31.2 Å². The van der Waals surface area contributed by atoms with Crippen LogP contribution < -0.4 is 4.90 Å². The van der Waals surface area contributed by atoms with E-state index >= 15 is 0 Å². The number of hydrogen-bond donors (Lipinski definition) is 0. The zero-order valence-corrected chi connectivity index (χ0v) is 17.9. The smallest absolute Gasteiger partial charge is 0.183 e. The number of nitrogens with zero attached hydrogens (tertiary/aromatic N) is 3. The van der Waals surface area contributed by atoms with E-state index in [2.05, 4.69) is 9.88 Å². The zero-order valence-electron chi connectivity index (χ0n) is 16.3. The monoisotopic (exact) mass is 435 g/mol. The molecule has 4 rings (SSSR count). The maximum atomic E-state index is 13.3. The van der Waals surface area contributed by atoms with Crippen LogP contribution in [0.1, 0.15) is 5.56 Å². The molecule has 156 valence electrons. The molecule has 0 bridgehead atoms. The van der Waals surface area contributed by atoms with Crippen LogP contribution in [0.2, 0.25) is 0 Å². The highest BCUT2D eigenvalue weighted by atomic mass is 32.2. The lowest BCUT2D eigenvalue weighted by molar-refractivity contribution is 0.201. The minimum atomic E-state index is -3.74. The van der Waals surface area contributed by atoms with Crippen molar-refractivity contribution in [2.45, 2.75) is 23.1 Å². The number of benzene rings is 1. The Labute approximate surface area is 172 Å². The van der Waals surface area contributed by atoms with Crippen LogP contribution in [0.5, 0.6) is 0 Å². The van der Waals surface area contributed by atoms with E-state index in [1.54, 1.807) is 30.5 Å². The van der Waals surface area contributed by atoms with Crippen LogP contribution >= 0.6 is 0 Å². The molecular formula is C20H25N3O4S2. The molecule has 2 aliphatic rings. The van der Waals surface area contributed by atoms with Crippen LogP contribution in [0.4, 0.5) is 5.82 Å². The predicted molar refractivity (Wildman–Crippen MR) is 113 cm³/mol. The summed E-state index contributed by atoms with van der Waals surface area (Å²) in [5, 5.41) is -0.934. The van der Waals surface area contributed by atoms with Crippen molar-refractivity contribution < 1.29 is 16.8 Å². The number of hydrogen-bond acceptors (Lipinski definition) is 7. The molecule has 2 aliphatic heterocycles. The molecule has 2 saturated heterocycles. The zero-order chi connectivity index (χ0) is 20.6. The number of aryl methyl sites for hydroxylation is 1. The Morgan fingerprint density at radius 2 is 1.66 bits per heavy atom. The van der Waals surface area contributed by atoms with Gasteiger partial charge < -0.3 is 4.90 Å². The first kappa shape index (κ1) is 20.3. The maximum Gasteiger partial charge on any atom is 0.183 e. The summed E-state index contributed by atoms with van der Waals surface area (Å²) in [5.41, 5.74) is 0.963. The second kappa shape index (κ2) is 7.70. The van der Waals surface area contributed by atoms with Crippen LogP contribution in [0.25, 0.3) is 0 Å². The van der Waals surface area contributed by atoms with Gasteiger partial charge in [0, 0.05) is 38.4 Å². The van der Waals surface area contributed by atoms with Crippen LogP contribution in [0.15, 0.2) is 53.6 Å². The minimum Gasteiger partial charge on any atom is -0.354 e. The highest BCUT2D eigenvalue weighted by molar-refractivity contribution is 7.96. The van der Waals surface area contributed by atoms with Crippen molar-refractivity contribution in [3.63, 3.8) is 0 Å². The molecule has 0 saturated carbocycles. The highest BCUT2D eigenvalue weighted by Gasteiger charge is 2.48. The molecule has 1 aromatic heterocycles. The normalized spacial score (nSPS) is 25.2. The Morgan fingerprint density at radius 3 is 2.28 bits per heavy atom. The van der Waals surface area contributed by atoms with E-state index in [9.17, 15) is 16.8 Å². The molecule has 9 heteroatoms. The summed E-state index contributed by atoms with van der Waals surface area (Å²) in [7, 11) is -7.14. The van der Waals surface area contributed by atoms with Crippen molar-refractivity contribution in [1.29, 1.82) is 0 Å². The maximum absolute atomic E-state index is 13.3. The molecule has 29 heavy (non-hydrogen) atoms. The largest absolute Gasteiger partial charge is 0.354 e. The van der Waals surface area contributed by atoms with E-state index in [1.165, 1.54) is 0 Å². The lowest BCUT2D eigenvalue weighted by Gasteiger charge is -2.39. The SMILES string of the molecule is Cc1ccc(S(=O)(=O)C2CS(=O)(=O)CC2N2CCN(c3ccccn3)CC2)cc1. The van der Waals surface area contributed by atoms with Crippen LogP contribution in [-0.4, -0.2) is 75.7 Å². The summed E-state index contributed by atoms with van der Waals surface area (Å²) in [5.74, 6) is 0.468. The molecule has 2 aromatic rings. The lowest BCUT2D eigenvalue weighted by atomic mass is 10.2. The van der Waals surface area contributed by atoms with E-state index in [0.717, 1.165) is 11.4 Å². The minimum absolute atomic E-state index is 0.105. The average Bonchev–Trinajstić information content (AvgIpc) is 3.05. The summed E-state index contributed by atoms with van der Waals surface area (Å²) >= 11 is 0. The van der Waals surface area contributed by atoms with Gasteiger partial charge in [0.15, 0.2) is 19.7 Å². The first-order valence-corrected chi connectivity index (χ1v) is 13.0. The second-order valence-electron chi connectivity index (χ2n) is 7.75. The molecule has 0 radical (unpaired) electrons. The first-order valence-electron chi connectivity index (χ1n) is 9.67. The number of rotatable bonds is 4. The molecule has 0 amide bonds. The lowest BCUT2D eigenvalue weighted by Crippen LogP contribution is -2.55. The molecule has 0 aliphatic carbocycles. The van der Waals surface area contributed by atoms with Gasteiger partial charge in [-0.3, -0.25) is 4.90 Å². The van der Waals surface area contributed by atoms with Gasteiger partial charge in [0.25, 0.3) is 0 Å². The second-order valence-corrected chi connectivity index (χ2v) is 12.1. The number of anilines is 1. The fourth-order valence-corrected chi connectivity index (χ4v) is 8.99. The van der Waals surface area contributed by atoms with Crippen molar-refractivity contribution >= 4 is 25.5 Å². The fraction of sp³-hybridized carbons (Fsp3) is 0.450. The Balaban J connectivity index is 1.55. The van der Waals surface area contributed by atoms with Crippen LogP contribution in [0, 0.1) is 6.92 Å². The van der Waals surface area contributed by atoms with E-state index in [-0.39, 0.29) is 16.4 Å². The van der Waals surface area contributed by atoms with E-state index in [4.69, 9.17) is 0 Å². The molecule has 2 atom stereocenters. The van der Waals surface area contributed by atoms with Crippen molar-refractivity contribution in [3.05, 3.63) is 54.2 Å². The quantitative estimate of drug-likeness (QED) is 0.712.